The number of carboxylic acid groups (broad SMARTS) is 1. The Morgan fingerprint density at radius 2 is 2.05 bits per heavy atom. The zero-order chi connectivity index (χ0) is 14.6. The van der Waals surface area contributed by atoms with Crippen molar-refractivity contribution in [3.05, 3.63) is 35.1 Å². The molecule has 0 amide bonds. The predicted molar refractivity (Wildman–Crippen MR) is 69.4 cm³/mol. The maximum atomic E-state index is 13.6. The zero-order valence-electron chi connectivity index (χ0n) is 10.8. The summed E-state index contributed by atoms with van der Waals surface area (Å²) in [6.07, 6.45) is 1.14. The van der Waals surface area contributed by atoms with E-state index in [1.165, 1.54) is 12.1 Å². The number of rotatable bonds is 6. The fraction of sp³-hybridized carbons (Fsp3) is 0.417. The monoisotopic (exact) mass is 289 g/mol. The van der Waals surface area contributed by atoms with Gasteiger partial charge in [0.25, 0.3) is 0 Å². The van der Waals surface area contributed by atoms with Crippen LogP contribution in [-0.2, 0) is 16.4 Å². The maximum absolute atomic E-state index is 13.6. The molecule has 0 fully saturated rings. The van der Waals surface area contributed by atoms with Gasteiger partial charge in [0.2, 0.25) is 0 Å². The van der Waals surface area contributed by atoms with Crippen LogP contribution in [0.25, 0.3) is 0 Å². The summed E-state index contributed by atoms with van der Waals surface area (Å²) >= 11 is 0. The smallest absolute Gasteiger partial charge is 0.335 e. The van der Waals surface area contributed by atoms with Gasteiger partial charge in [-0.15, -0.1) is 0 Å². The summed E-state index contributed by atoms with van der Waals surface area (Å²) in [5, 5.41) is 8.71. The van der Waals surface area contributed by atoms with Gasteiger partial charge in [0.1, 0.15) is 15.7 Å². The lowest BCUT2D eigenvalue weighted by Crippen LogP contribution is -2.25. The highest BCUT2D eigenvalue weighted by Crippen LogP contribution is 2.12. The van der Waals surface area contributed by atoms with Gasteiger partial charge in [-0.2, -0.15) is 0 Å². The maximum Gasteiger partial charge on any atom is 0.335 e. The van der Waals surface area contributed by atoms with Gasteiger partial charge in [-0.3, -0.25) is 0 Å². The van der Waals surface area contributed by atoms with Gasteiger partial charge in [0, 0.05) is 24.9 Å². The quantitative estimate of drug-likeness (QED) is 0.845. The first kappa shape index (κ1) is 15.6. The summed E-state index contributed by atoms with van der Waals surface area (Å²) in [6.45, 7) is 0.514. The average molecular weight is 289 g/mol. The molecule has 5 nitrogen and oxygen atoms in total. The minimum atomic E-state index is -3.05. The van der Waals surface area contributed by atoms with Gasteiger partial charge in [0.05, 0.1) is 11.3 Å². The highest BCUT2D eigenvalue weighted by Gasteiger charge is 2.11. The largest absolute Gasteiger partial charge is 0.478 e. The second-order valence-corrected chi connectivity index (χ2v) is 6.74. The van der Waals surface area contributed by atoms with Crippen LogP contribution in [-0.4, -0.2) is 50.0 Å². The van der Waals surface area contributed by atoms with Gasteiger partial charge < -0.3 is 10.0 Å². The predicted octanol–water partition coefficient (Wildman–Crippen LogP) is 1.00. The van der Waals surface area contributed by atoms with Crippen molar-refractivity contribution in [3.8, 4) is 0 Å². The molecule has 0 saturated heterocycles. The Hall–Kier alpha value is -1.47. The number of hydrogen-bond acceptors (Lipinski definition) is 4. The third kappa shape index (κ3) is 5.35. The topological polar surface area (TPSA) is 74.7 Å². The molecule has 0 spiro atoms. The van der Waals surface area contributed by atoms with E-state index in [0.29, 0.717) is 12.1 Å². The molecule has 106 valence electrons. The van der Waals surface area contributed by atoms with Crippen molar-refractivity contribution in [2.45, 2.75) is 6.54 Å². The number of carboxylic acids is 1. The summed E-state index contributed by atoms with van der Waals surface area (Å²) < 4.78 is 35.7. The first-order valence-corrected chi connectivity index (χ1v) is 7.63. The van der Waals surface area contributed by atoms with E-state index in [1.54, 1.807) is 11.9 Å². The zero-order valence-corrected chi connectivity index (χ0v) is 11.6. The van der Waals surface area contributed by atoms with E-state index >= 15 is 0 Å². The molecule has 1 aromatic rings. The van der Waals surface area contributed by atoms with Gasteiger partial charge in [0.15, 0.2) is 0 Å². The van der Waals surface area contributed by atoms with Crippen LogP contribution in [0.4, 0.5) is 4.39 Å². The lowest BCUT2D eigenvalue weighted by molar-refractivity contribution is 0.0696. The molecule has 0 atom stereocenters. The summed E-state index contributed by atoms with van der Waals surface area (Å²) in [4.78, 5) is 12.3. The third-order valence-electron chi connectivity index (χ3n) is 2.58. The van der Waals surface area contributed by atoms with Gasteiger partial charge in [-0.25, -0.2) is 17.6 Å². The Labute approximate surface area is 111 Å². The molecule has 0 aliphatic rings. The number of benzene rings is 1. The first-order chi connectivity index (χ1) is 8.69. The molecule has 0 heterocycles. The van der Waals surface area contributed by atoms with Crippen molar-refractivity contribution < 1.29 is 22.7 Å². The van der Waals surface area contributed by atoms with Crippen LogP contribution in [0.1, 0.15) is 15.9 Å². The van der Waals surface area contributed by atoms with E-state index in [2.05, 4.69) is 0 Å². The fourth-order valence-corrected chi connectivity index (χ4v) is 2.14. The van der Waals surface area contributed by atoms with Crippen molar-refractivity contribution in [2.75, 3.05) is 25.6 Å². The van der Waals surface area contributed by atoms with E-state index in [-0.39, 0.29) is 17.9 Å². The van der Waals surface area contributed by atoms with Crippen molar-refractivity contribution in [3.63, 3.8) is 0 Å². The van der Waals surface area contributed by atoms with Gasteiger partial charge in [-0.1, -0.05) is 6.07 Å². The van der Waals surface area contributed by atoms with E-state index in [1.807, 2.05) is 0 Å². The molecule has 1 N–H and O–H groups in total. The molecule has 1 aromatic carbocycles. The van der Waals surface area contributed by atoms with E-state index in [9.17, 15) is 17.6 Å². The average Bonchev–Trinajstić information content (AvgIpc) is 2.28. The fourth-order valence-electron chi connectivity index (χ4n) is 1.50. The molecular weight excluding hydrogens is 273 g/mol. The lowest BCUT2D eigenvalue weighted by atomic mass is 10.1. The van der Waals surface area contributed by atoms with Crippen molar-refractivity contribution in [2.24, 2.45) is 0 Å². The Morgan fingerprint density at radius 1 is 1.42 bits per heavy atom. The Kier molecular flexibility index (Phi) is 5.02. The highest BCUT2D eigenvalue weighted by atomic mass is 32.2. The molecule has 0 radical (unpaired) electrons. The summed E-state index contributed by atoms with van der Waals surface area (Å²) in [7, 11) is -1.38. The van der Waals surface area contributed by atoms with E-state index in [4.69, 9.17) is 5.11 Å². The van der Waals surface area contributed by atoms with Crippen LogP contribution < -0.4 is 0 Å². The van der Waals surface area contributed by atoms with Crippen LogP contribution in [0, 0.1) is 5.82 Å². The van der Waals surface area contributed by atoms with Crippen molar-refractivity contribution in [1.82, 2.24) is 4.90 Å². The number of halogens is 1. The minimum Gasteiger partial charge on any atom is -0.478 e. The molecule has 0 aliphatic heterocycles. The van der Waals surface area contributed by atoms with Crippen LogP contribution in [0.3, 0.4) is 0 Å². The molecule has 7 heteroatoms. The molecule has 0 saturated carbocycles. The molecule has 0 bridgehead atoms. The lowest BCUT2D eigenvalue weighted by Gasteiger charge is -2.16. The highest BCUT2D eigenvalue weighted by molar-refractivity contribution is 7.90. The normalized spacial score (nSPS) is 11.8. The number of carbonyl (C=O) groups is 1. The number of hydrogen-bond donors (Lipinski definition) is 1. The molecule has 0 aliphatic carbocycles. The van der Waals surface area contributed by atoms with Gasteiger partial charge >= 0.3 is 5.97 Å². The number of aromatic carboxylic acids is 1. The van der Waals surface area contributed by atoms with Crippen LogP contribution in [0.15, 0.2) is 18.2 Å². The van der Waals surface area contributed by atoms with Crippen LogP contribution >= 0.6 is 0 Å². The summed E-state index contributed by atoms with van der Waals surface area (Å²) in [6, 6.07) is 3.68. The third-order valence-corrected chi connectivity index (χ3v) is 3.51. The standard InChI is InChI=1S/C12H16FNO4S/c1-14(5-6-19(2,17)18)8-10-4-3-9(12(15)16)7-11(10)13/h3-4,7H,5-6,8H2,1-2H3,(H,15,16). The minimum absolute atomic E-state index is 0.00166. The number of nitrogens with zero attached hydrogens (tertiary/aromatic N) is 1. The Bertz CT molecular complexity index is 571. The van der Waals surface area contributed by atoms with Crippen LogP contribution in [0.5, 0.6) is 0 Å². The summed E-state index contributed by atoms with van der Waals surface area (Å²) in [5.41, 5.74) is 0.223. The van der Waals surface area contributed by atoms with Gasteiger partial charge in [-0.05, 0) is 19.2 Å². The summed E-state index contributed by atoms with van der Waals surface area (Å²) in [5.74, 6) is -1.79. The Balaban J connectivity index is 2.69. The SMILES string of the molecule is CN(CCS(C)(=O)=O)Cc1ccc(C(=O)O)cc1F. The second kappa shape index (κ2) is 6.12. The number of sulfone groups is 1. The molecule has 1 rings (SSSR count). The van der Waals surface area contributed by atoms with E-state index < -0.39 is 21.6 Å². The second-order valence-electron chi connectivity index (χ2n) is 4.48. The molecular formula is C12H16FNO4S. The molecule has 19 heavy (non-hydrogen) atoms. The molecule has 0 aromatic heterocycles. The molecule has 0 unspecified atom stereocenters. The first-order valence-electron chi connectivity index (χ1n) is 5.57. The van der Waals surface area contributed by atoms with Crippen molar-refractivity contribution >= 4 is 15.8 Å². The Morgan fingerprint density at radius 3 is 2.53 bits per heavy atom. The van der Waals surface area contributed by atoms with Crippen molar-refractivity contribution in [1.29, 1.82) is 0 Å². The van der Waals surface area contributed by atoms with Crippen LogP contribution in [0.2, 0.25) is 0 Å². The van der Waals surface area contributed by atoms with E-state index in [0.717, 1.165) is 12.3 Å².